The molecule has 0 saturated carbocycles. The van der Waals surface area contributed by atoms with Gasteiger partial charge in [-0.25, -0.2) is 5.43 Å². The molecule has 0 aliphatic carbocycles. The van der Waals surface area contributed by atoms with E-state index in [-0.39, 0.29) is 5.91 Å². The van der Waals surface area contributed by atoms with Gasteiger partial charge in [-0.1, -0.05) is 6.07 Å². The molecule has 17 heavy (non-hydrogen) atoms. The molecule has 2 aromatic heterocycles. The lowest BCUT2D eigenvalue weighted by Crippen LogP contribution is -2.19. The third-order valence-corrected chi connectivity index (χ3v) is 3.19. The molecule has 0 unspecified atom stereocenters. The fourth-order valence-corrected chi connectivity index (χ4v) is 2.20. The maximum atomic E-state index is 11.4. The molecule has 0 aliphatic heterocycles. The minimum absolute atomic E-state index is 0.144. The Kier molecular flexibility index (Phi) is 4.11. The SMILES string of the molecule is O=C(Cc1cccs1)N/N=C/c1ccc(Br)o1. The summed E-state index contributed by atoms with van der Waals surface area (Å²) in [5.74, 6) is 0.433. The molecule has 0 aliphatic rings. The Labute approximate surface area is 110 Å². The Morgan fingerprint density at radius 2 is 2.41 bits per heavy atom. The standard InChI is InChI=1S/C11H9BrN2O2S/c12-10-4-3-8(16-10)7-13-14-11(15)6-9-2-1-5-17-9/h1-5,7H,6H2,(H,14,15)/b13-7+. The van der Waals surface area contributed by atoms with Crippen molar-refractivity contribution in [3.63, 3.8) is 0 Å². The summed E-state index contributed by atoms with van der Waals surface area (Å²) in [6.07, 6.45) is 1.80. The van der Waals surface area contributed by atoms with Crippen LogP contribution < -0.4 is 5.43 Å². The van der Waals surface area contributed by atoms with Crippen molar-refractivity contribution in [1.82, 2.24) is 5.43 Å². The van der Waals surface area contributed by atoms with Crippen LogP contribution in [0.4, 0.5) is 0 Å². The number of amides is 1. The maximum Gasteiger partial charge on any atom is 0.245 e. The molecule has 88 valence electrons. The van der Waals surface area contributed by atoms with E-state index in [0.717, 1.165) is 4.88 Å². The second-order valence-electron chi connectivity index (χ2n) is 3.19. The molecule has 2 aromatic rings. The molecule has 0 bridgehead atoms. The third-order valence-electron chi connectivity index (χ3n) is 1.89. The smallest absolute Gasteiger partial charge is 0.245 e. The second-order valence-corrected chi connectivity index (χ2v) is 5.01. The van der Waals surface area contributed by atoms with Crippen LogP contribution in [0.15, 0.2) is 43.8 Å². The van der Waals surface area contributed by atoms with Crippen LogP contribution >= 0.6 is 27.3 Å². The second kappa shape index (κ2) is 5.79. The average molecular weight is 313 g/mol. The van der Waals surface area contributed by atoms with E-state index in [4.69, 9.17) is 4.42 Å². The summed E-state index contributed by atoms with van der Waals surface area (Å²) in [7, 11) is 0. The zero-order chi connectivity index (χ0) is 12.1. The lowest BCUT2D eigenvalue weighted by atomic mass is 10.3. The molecule has 0 fully saturated rings. The molecule has 0 saturated heterocycles. The van der Waals surface area contributed by atoms with Crippen LogP contribution in [0, 0.1) is 0 Å². The molecule has 0 atom stereocenters. The van der Waals surface area contributed by atoms with Crippen LogP contribution in [-0.2, 0) is 11.2 Å². The Morgan fingerprint density at radius 3 is 3.06 bits per heavy atom. The molecule has 1 amide bonds. The van der Waals surface area contributed by atoms with E-state index in [2.05, 4.69) is 26.5 Å². The van der Waals surface area contributed by atoms with E-state index in [9.17, 15) is 4.79 Å². The molecule has 0 spiro atoms. The normalized spacial score (nSPS) is 10.9. The van der Waals surface area contributed by atoms with Crippen LogP contribution in [0.25, 0.3) is 0 Å². The van der Waals surface area contributed by atoms with Gasteiger partial charge in [0.2, 0.25) is 5.91 Å². The molecule has 6 heteroatoms. The number of halogens is 1. The number of carbonyl (C=O) groups excluding carboxylic acids is 1. The summed E-state index contributed by atoms with van der Waals surface area (Å²) in [5, 5.41) is 5.74. The van der Waals surface area contributed by atoms with Gasteiger partial charge in [0.15, 0.2) is 4.67 Å². The molecular weight excluding hydrogens is 304 g/mol. The van der Waals surface area contributed by atoms with Gasteiger partial charge in [0.1, 0.15) is 5.76 Å². The first-order chi connectivity index (χ1) is 8.24. The number of furan rings is 1. The van der Waals surface area contributed by atoms with Crippen molar-refractivity contribution in [1.29, 1.82) is 0 Å². The summed E-state index contributed by atoms with van der Waals surface area (Å²) in [6, 6.07) is 7.34. The van der Waals surface area contributed by atoms with Crippen LogP contribution in [-0.4, -0.2) is 12.1 Å². The Balaban J connectivity index is 1.82. The van der Waals surface area contributed by atoms with E-state index in [1.807, 2.05) is 17.5 Å². The van der Waals surface area contributed by atoms with E-state index < -0.39 is 0 Å². The van der Waals surface area contributed by atoms with E-state index in [1.54, 1.807) is 23.5 Å². The van der Waals surface area contributed by atoms with Crippen molar-refractivity contribution >= 4 is 39.4 Å². The first-order valence-corrected chi connectivity index (χ1v) is 6.51. The highest BCUT2D eigenvalue weighted by Crippen LogP contribution is 2.12. The van der Waals surface area contributed by atoms with Gasteiger partial charge < -0.3 is 4.42 Å². The first kappa shape index (κ1) is 12.1. The zero-order valence-corrected chi connectivity index (χ0v) is 11.1. The largest absolute Gasteiger partial charge is 0.448 e. The van der Waals surface area contributed by atoms with Gasteiger partial charge in [0.25, 0.3) is 0 Å². The van der Waals surface area contributed by atoms with E-state index in [1.165, 1.54) is 6.21 Å². The summed E-state index contributed by atoms with van der Waals surface area (Å²) in [5.41, 5.74) is 2.44. The molecule has 2 heterocycles. The number of rotatable bonds is 4. The summed E-state index contributed by atoms with van der Waals surface area (Å²) < 4.78 is 5.82. The quantitative estimate of drug-likeness (QED) is 0.697. The number of nitrogens with one attached hydrogen (secondary N) is 1. The predicted octanol–water partition coefficient (Wildman–Crippen LogP) is 2.80. The van der Waals surface area contributed by atoms with Gasteiger partial charge in [-0.3, -0.25) is 4.79 Å². The summed E-state index contributed by atoms with van der Waals surface area (Å²) in [4.78, 5) is 12.5. The minimum atomic E-state index is -0.144. The summed E-state index contributed by atoms with van der Waals surface area (Å²) in [6.45, 7) is 0. The van der Waals surface area contributed by atoms with Crippen molar-refractivity contribution < 1.29 is 9.21 Å². The van der Waals surface area contributed by atoms with Gasteiger partial charge >= 0.3 is 0 Å². The molecule has 1 N–H and O–H groups in total. The molecule has 0 aromatic carbocycles. The van der Waals surface area contributed by atoms with Crippen molar-refractivity contribution in [3.8, 4) is 0 Å². The van der Waals surface area contributed by atoms with Crippen molar-refractivity contribution in [2.24, 2.45) is 5.10 Å². The van der Waals surface area contributed by atoms with Gasteiger partial charge in [-0.2, -0.15) is 5.10 Å². The van der Waals surface area contributed by atoms with Gasteiger partial charge in [0, 0.05) is 4.88 Å². The summed E-state index contributed by atoms with van der Waals surface area (Å²) >= 11 is 4.73. The van der Waals surface area contributed by atoms with Crippen molar-refractivity contribution in [2.75, 3.05) is 0 Å². The highest BCUT2D eigenvalue weighted by atomic mass is 79.9. The van der Waals surface area contributed by atoms with E-state index in [0.29, 0.717) is 16.9 Å². The molecule has 0 radical (unpaired) electrons. The molecule has 2 rings (SSSR count). The maximum absolute atomic E-state index is 11.4. The molecular formula is C11H9BrN2O2S. The first-order valence-electron chi connectivity index (χ1n) is 4.83. The number of hydrazone groups is 1. The van der Waals surface area contributed by atoms with Crippen molar-refractivity contribution in [2.45, 2.75) is 6.42 Å². The number of thiophene rings is 1. The zero-order valence-electron chi connectivity index (χ0n) is 8.72. The van der Waals surface area contributed by atoms with Crippen LogP contribution in [0.2, 0.25) is 0 Å². The van der Waals surface area contributed by atoms with Crippen LogP contribution in [0.5, 0.6) is 0 Å². The van der Waals surface area contributed by atoms with E-state index >= 15 is 0 Å². The highest BCUT2D eigenvalue weighted by Gasteiger charge is 2.02. The van der Waals surface area contributed by atoms with Crippen LogP contribution in [0.3, 0.4) is 0 Å². The fourth-order valence-electron chi connectivity index (χ4n) is 1.18. The Hall–Kier alpha value is -1.40. The highest BCUT2D eigenvalue weighted by molar-refractivity contribution is 9.10. The monoisotopic (exact) mass is 312 g/mol. The van der Waals surface area contributed by atoms with Gasteiger partial charge in [-0.05, 0) is 39.5 Å². The molecule has 4 nitrogen and oxygen atoms in total. The number of hydrogen-bond donors (Lipinski definition) is 1. The number of hydrogen-bond acceptors (Lipinski definition) is 4. The lowest BCUT2D eigenvalue weighted by molar-refractivity contribution is -0.120. The Bertz CT molecular complexity index is 519. The number of carbonyl (C=O) groups is 1. The average Bonchev–Trinajstić information content (AvgIpc) is 2.90. The predicted molar refractivity (Wildman–Crippen MR) is 70.2 cm³/mol. The fraction of sp³-hybridized carbons (Fsp3) is 0.0909. The topological polar surface area (TPSA) is 54.6 Å². The van der Waals surface area contributed by atoms with Gasteiger partial charge in [0.05, 0.1) is 12.6 Å². The van der Waals surface area contributed by atoms with Crippen molar-refractivity contribution in [3.05, 3.63) is 45.0 Å². The number of nitrogens with zero attached hydrogens (tertiary/aromatic N) is 1. The Morgan fingerprint density at radius 1 is 1.53 bits per heavy atom. The lowest BCUT2D eigenvalue weighted by Gasteiger charge is -1.95. The van der Waals surface area contributed by atoms with Gasteiger partial charge in [-0.15, -0.1) is 11.3 Å². The minimum Gasteiger partial charge on any atom is -0.448 e. The third kappa shape index (κ3) is 3.83. The van der Waals surface area contributed by atoms with Crippen LogP contribution in [0.1, 0.15) is 10.6 Å².